The molecular weight excluding hydrogens is 256 g/mol. The van der Waals surface area contributed by atoms with Gasteiger partial charge in [0.15, 0.2) is 0 Å². The molecule has 108 valence electrons. The molecule has 21 heavy (non-hydrogen) atoms. The Labute approximate surface area is 126 Å². The van der Waals surface area contributed by atoms with E-state index >= 15 is 0 Å². The van der Waals surface area contributed by atoms with E-state index in [1.165, 1.54) is 37.0 Å². The Kier molecular flexibility index (Phi) is 2.55. The fourth-order valence-electron chi connectivity index (χ4n) is 4.94. The van der Waals surface area contributed by atoms with Crippen LogP contribution in [0, 0.1) is 23.7 Å². The smallest absolute Gasteiger partial charge is 0.0912 e. The minimum atomic E-state index is 0.528. The predicted molar refractivity (Wildman–Crippen MR) is 84.9 cm³/mol. The highest BCUT2D eigenvalue weighted by Gasteiger charge is 2.50. The van der Waals surface area contributed by atoms with Crippen LogP contribution in [-0.4, -0.2) is 17.3 Å². The molecule has 1 aromatic rings. The summed E-state index contributed by atoms with van der Waals surface area (Å²) in [7, 11) is 0. The van der Waals surface area contributed by atoms with Gasteiger partial charge in [-0.3, -0.25) is 5.01 Å². The van der Waals surface area contributed by atoms with E-state index < -0.39 is 0 Å². The molecule has 4 aliphatic rings. The molecular formula is C19H22N2. The first kappa shape index (κ1) is 12.0. The van der Waals surface area contributed by atoms with E-state index in [-0.39, 0.29) is 0 Å². The maximum Gasteiger partial charge on any atom is 0.0912 e. The molecule has 1 aliphatic heterocycles. The number of rotatable bonds is 2. The van der Waals surface area contributed by atoms with Crippen LogP contribution in [0.3, 0.4) is 0 Å². The number of hydrogen-bond donors (Lipinski definition) is 0. The van der Waals surface area contributed by atoms with E-state index in [1.54, 1.807) is 0 Å². The van der Waals surface area contributed by atoms with Crippen LogP contribution in [0.15, 0.2) is 47.6 Å². The van der Waals surface area contributed by atoms with E-state index in [1.807, 2.05) is 0 Å². The number of benzene rings is 1. The van der Waals surface area contributed by atoms with Crippen molar-refractivity contribution in [3.8, 4) is 0 Å². The van der Waals surface area contributed by atoms with Gasteiger partial charge in [-0.1, -0.05) is 55.3 Å². The lowest BCUT2D eigenvalue weighted by Gasteiger charge is -2.31. The maximum atomic E-state index is 5.08. The van der Waals surface area contributed by atoms with Crippen LogP contribution in [0.4, 0.5) is 0 Å². The molecule has 1 heterocycles. The lowest BCUT2D eigenvalue weighted by molar-refractivity contribution is 0.221. The summed E-state index contributed by atoms with van der Waals surface area (Å²) in [6.07, 6.45) is 10.6. The molecule has 0 amide bonds. The minimum Gasteiger partial charge on any atom is -0.285 e. The summed E-state index contributed by atoms with van der Waals surface area (Å²) >= 11 is 0. The largest absolute Gasteiger partial charge is 0.285 e. The van der Waals surface area contributed by atoms with Gasteiger partial charge in [0.2, 0.25) is 0 Å². The number of fused-ring (bicyclic) bond motifs is 5. The van der Waals surface area contributed by atoms with E-state index in [0.29, 0.717) is 17.9 Å². The van der Waals surface area contributed by atoms with Crippen molar-refractivity contribution in [1.29, 1.82) is 0 Å². The summed E-state index contributed by atoms with van der Waals surface area (Å²) in [5.41, 5.74) is 2.91. The first-order valence-electron chi connectivity index (χ1n) is 8.50. The van der Waals surface area contributed by atoms with Gasteiger partial charge in [0.05, 0.1) is 18.3 Å². The summed E-state index contributed by atoms with van der Waals surface area (Å²) in [4.78, 5) is 0. The second-order valence-corrected chi connectivity index (χ2v) is 7.12. The van der Waals surface area contributed by atoms with Gasteiger partial charge in [-0.25, -0.2) is 0 Å². The summed E-state index contributed by atoms with van der Waals surface area (Å²) in [6, 6.07) is 11.3. The van der Waals surface area contributed by atoms with Gasteiger partial charge >= 0.3 is 0 Å². The van der Waals surface area contributed by atoms with Crippen LogP contribution < -0.4 is 0 Å². The van der Waals surface area contributed by atoms with Gasteiger partial charge < -0.3 is 0 Å². The monoisotopic (exact) mass is 278 g/mol. The summed E-state index contributed by atoms with van der Waals surface area (Å²) < 4.78 is 0. The highest BCUT2D eigenvalue weighted by Crippen LogP contribution is 2.53. The van der Waals surface area contributed by atoms with Gasteiger partial charge in [0.25, 0.3) is 0 Å². The average Bonchev–Trinajstić information content (AvgIpc) is 3.12. The van der Waals surface area contributed by atoms with Gasteiger partial charge in [0.1, 0.15) is 0 Å². The molecule has 3 fully saturated rings. The van der Waals surface area contributed by atoms with Crippen LogP contribution in [0.25, 0.3) is 0 Å². The van der Waals surface area contributed by atoms with Crippen molar-refractivity contribution in [3.05, 3.63) is 48.0 Å². The second-order valence-electron chi connectivity index (χ2n) is 7.12. The summed E-state index contributed by atoms with van der Waals surface area (Å²) in [5.74, 6) is 3.14. The molecule has 0 aromatic heterocycles. The number of hydrogen-bond acceptors (Lipinski definition) is 2. The molecule has 0 spiro atoms. The molecule has 0 N–H and O–H groups in total. The first-order valence-corrected chi connectivity index (χ1v) is 8.50. The zero-order chi connectivity index (χ0) is 13.8. The first-order chi connectivity index (χ1) is 10.4. The van der Waals surface area contributed by atoms with Crippen LogP contribution in [0.1, 0.15) is 37.3 Å². The van der Waals surface area contributed by atoms with Gasteiger partial charge in [0, 0.05) is 11.8 Å². The van der Waals surface area contributed by atoms with E-state index in [4.69, 9.17) is 5.10 Å². The van der Waals surface area contributed by atoms with Crippen molar-refractivity contribution < 1.29 is 0 Å². The van der Waals surface area contributed by atoms with Crippen molar-refractivity contribution in [2.75, 3.05) is 6.54 Å². The van der Waals surface area contributed by atoms with Gasteiger partial charge in [-0.15, -0.1) is 0 Å². The second kappa shape index (κ2) is 4.46. The van der Waals surface area contributed by atoms with Crippen LogP contribution in [0.5, 0.6) is 0 Å². The van der Waals surface area contributed by atoms with Gasteiger partial charge in [-0.05, 0) is 30.2 Å². The normalized spacial score (nSPS) is 39.5. The molecule has 3 aliphatic carbocycles. The third-order valence-electron chi connectivity index (χ3n) is 6.02. The Morgan fingerprint density at radius 1 is 0.905 bits per heavy atom. The van der Waals surface area contributed by atoms with Crippen molar-refractivity contribution in [3.63, 3.8) is 0 Å². The Balaban J connectivity index is 1.38. The minimum absolute atomic E-state index is 0.528. The maximum absolute atomic E-state index is 5.08. The van der Waals surface area contributed by atoms with Crippen LogP contribution in [-0.2, 0) is 0 Å². The van der Waals surface area contributed by atoms with Crippen molar-refractivity contribution in [2.45, 2.75) is 31.7 Å². The molecule has 5 rings (SSSR count). The molecule has 0 radical (unpaired) electrons. The van der Waals surface area contributed by atoms with E-state index in [0.717, 1.165) is 18.4 Å². The Morgan fingerprint density at radius 3 is 2.24 bits per heavy atom. The lowest BCUT2D eigenvalue weighted by Crippen LogP contribution is -2.22. The van der Waals surface area contributed by atoms with Crippen molar-refractivity contribution in [1.82, 2.24) is 5.01 Å². The zero-order valence-electron chi connectivity index (χ0n) is 12.4. The fourth-order valence-corrected chi connectivity index (χ4v) is 4.94. The standard InChI is InChI=1S/C19H22N2/c1-2-6-13(7-3-1)18-12-21(18)20-19-16-10-11-17(19)15-9-5-4-8-14(15)16/h1-3,6-7,10-11,14-18H,4-5,8-9,12H2. The molecule has 5 atom stereocenters. The molecule has 2 bridgehead atoms. The third-order valence-corrected chi connectivity index (χ3v) is 6.02. The van der Waals surface area contributed by atoms with Crippen molar-refractivity contribution >= 4 is 5.71 Å². The fraction of sp³-hybridized carbons (Fsp3) is 0.526. The molecule has 2 saturated carbocycles. The predicted octanol–water partition coefficient (Wildman–Crippen LogP) is 4.02. The Morgan fingerprint density at radius 2 is 1.57 bits per heavy atom. The quantitative estimate of drug-likeness (QED) is 0.589. The molecule has 1 aromatic carbocycles. The topological polar surface area (TPSA) is 15.4 Å². The average molecular weight is 278 g/mol. The highest BCUT2D eigenvalue weighted by atomic mass is 15.6. The van der Waals surface area contributed by atoms with Gasteiger partial charge in [-0.2, -0.15) is 5.10 Å². The number of allylic oxidation sites excluding steroid dienone is 2. The summed E-state index contributed by atoms with van der Waals surface area (Å²) in [6.45, 7) is 1.10. The lowest BCUT2D eigenvalue weighted by atomic mass is 9.73. The van der Waals surface area contributed by atoms with Crippen LogP contribution in [0.2, 0.25) is 0 Å². The number of hydrazone groups is 1. The van der Waals surface area contributed by atoms with E-state index in [9.17, 15) is 0 Å². The van der Waals surface area contributed by atoms with Crippen LogP contribution >= 0.6 is 0 Å². The SMILES string of the molecule is C1=CC2C(=NN3CC3c3ccccc3)C1C1CCCCC21. The summed E-state index contributed by atoms with van der Waals surface area (Å²) in [5, 5.41) is 7.38. The van der Waals surface area contributed by atoms with Crippen molar-refractivity contribution in [2.24, 2.45) is 28.8 Å². The molecule has 1 saturated heterocycles. The Bertz CT molecular complexity index is 579. The Hall–Kier alpha value is -1.57. The third kappa shape index (κ3) is 1.81. The molecule has 2 heteroatoms. The van der Waals surface area contributed by atoms with E-state index in [2.05, 4.69) is 47.5 Å². The number of nitrogens with zero attached hydrogens (tertiary/aromatic N) is 2. The zero-order valence-corrected chi connectivity index (χ0v) is 12.4. The molecule has 2 nitrogen and oxygen atoms in total. The highest BCUT2D eigenvalue weighted by molar-refractivity contribution is 5.97. The molecule has 5 unspecified atom stereocenters.